The summed E-state index contributed by atoms with van der Waals surface area (Å²) in [5.41, 5.74) is 1.73. The molecule has 0 saturated carbocycles. The van der Waals surface area contributed by atoms with Crippen LogP contribution in [-0.4, -0.2) is 25.8 Å². The standard InChI is InChI=1S/C14H17NO3S/c1-10(11(2)18-19(3,16)17)13-9-8-12-6-4-5-7-14(12)15-13/h4-11H,1-3H3/t10-,11-/m1/s1. The lowest BCUT2D eigenvalue weighted by Gasteiger charge is -2.18. The van der Waals surface area contributed by atoms with Gasteiger partial charge in [-0.3, -0.25) is 9.17 Å². The van der Waals surface area contributed by atoms with Gasteiger partial charge >= 0.3 is 0 Å². The SMILES string of the molecule is C[C@@H](OS(C)(=O)=O)[C@@H](C)c1ccc2ccccc2n1. The van der Waals surface area contributed by atoms with E-state index in [-0.39, 0.29) is 5.92 Å². The summed E-state index contributed by atoms with van der Waals surface area (Å²) in [6, 6.07) is 11.7. The predicted octanol–water partition coefficient (Wildman–Crippen LogP) is 2.70. The van der Waals surface area contributed by atoms with E-state index in [4.69, 9.17) is 4.18 Å². The van der Waals surface area contributed by atoms with E-state index >= 15 is 0 Å². The lowest BCUT2D eigenvalue weighted by atomic mass is 10.0. The van der Waals surface area contributed by atoms with E-state index in [0.717, 1.165) is 22.9 Å². The van der Waals surface area contributed by atoms with Crippen molar-refractivity contribution in [2.75, 3.05) is 6.26 Å². The van der Waals surface area contributed by atoms with E-state index in [9.17, 15) is 8.42 Å². The third-order valence-electron chi connectivity index (χ3n) is 3.12. The average molecular weight is 279 g/mol. The summed E-state index contributed by atoms with van der Waals surface area (Å²) in [6.07, 6.45) is 0.619. The molecule has 4 nitrogen and oxygen atoms in total. The number of hydrogen-bond donors (Lipinski definition) is 0. The minimum absolute atomic E-state index is 0.0978. The van der Waals surface area contributed by atoms with Gasteiger partial charge in [0.1, 0.15) is 0 Å². The van der Waals surface area contributed by atoms with Gasteiger partial charge in [0.25, 0.3) is 10.1 Å². The Morgan fingerprint density at radius 3 is 2.47 bits per heavy atom. The molecule has 0 unspecified atom stereocenters. The first-order valence-corrected chi connectivity index (χ1v) is 7.92. The molecule has 5 heteroatoms. The second-order valence-electron chi connectivity index (χ2n) is 4.72. The Hall–Kier alpha value is -1.46. The number of nitrogens with zero attached hydrogens (tertiary/aromatic N) is 1. The van der Waals surface area contributed by atoms with Crippen molar-refractivity contribution in [3.8, 4) is 0 Å². The minimum Gasteiger partial charge on any atom is -0.267 e. The third-order valence-corrected chi connectivity index (χ3v) is 3.77. The Morgan fingerprint density at radius 2 is 1.79 bits per heavy atom. The number of para-hydroxylation sites is 1. The lowest BCUT2D eigenvalue weighted by Crippen LogP contribution is -2.21. The molecule has 0 aliphatic carbocycles. The molecule has 0 amide bonds. The highest BCUT2D eigenvalue weighted by Crippen LogP contribution is 2.23. The summed E-state index contributed by atoms with van der Waals surface area (Å²) < 4.78 is 27.3. The van der Waals surface area contributed by atoms with Crippen LogP contribution in [0.2, 0.25) is 0 Å². The van der Waals surface area contributed by atoms with Crippen molar-refractivity contribution in [3.63, 3.8) is 0 Å². The Labute approximate surface area is 113 Å². The fourth-order valence-corrected chi connectivity index (χ4v) is 2.65. The summed E-state index contributed by atoms with van der Waals surface area (Å²) in [7, 11) is -3.45. The van der Waals surface area contributed by atoms with Gasteiger partial charge in [-0.2, -0.15) is 8.42 Å². The molecule has 0 aliphatic rings. The second kappa shape index (κ2) is 5.27. The molecule has 0 spiro atoms. The Morgan fingerprint density at radius 1 is 1.11 bits per heavy atom. The molecule has 19 heavy (non-hydrogen) atoms. The van der Waals surface area contributed by atoms with E-state index in [0.29, 0.717) is 0 Å². The summed E-state index contributed by atoms with van der Waals surface area (Å²) in [5.74, 6) is -0.0978. The molecule has 0 aliphatic heterocycles. The van der Waals surface area contributed by atoms with Crippen molar-refractivity contribution in [3.05, 3.63) is 42.1 Å². The quantitative estimate of drug-likeness (QED) is 0.807. The van der Waals surface area contributed by atoms with Gasteiger partial charge in [-0.25, -0.2) is 0 Å². The first kappa shape index (κ1) is 14.0. The van der Waals surface area contributed by atoms with Crippen molar-refractivity contribution in [1.82, 2.24) is 4.98 Å². The number of fused-ring (bicyclic) bond motifs is 1. The Balaban J connectivity index is 2.28. The minimum atomic E-state index is -3.45. The van der Waals surface area contributed by atoms with Gasteiger partial charge < -0.3 is 0 Å². The number of benzene rings is 1. The predicted molar refractivity (Wildman–Crippen MR) is 75.5 cm³/mol. The van der Waals surface area contributed by atoms with Crippen LogP contribution in [0.4, 0.5) is 0 Å². The highest BCUT2D eigenvalue weighted by molar-refractivity contribution is 7.86. The van der Waals surface area contributed by atoms with Crippen LogP contribution in [0.15, 0.2) is 36.4 Å². The third kappa shape index (κ3) is 3.52. The molecule has 0 fully saturated rings. The summed E-state index contributed by atoms with van der Waals surface area (Å²) >= 11 is 0. The molecule has 0 N–H and O–H groups in total. The van der Waals surface area contributed by atoms with Crippen LogP contribution >= 0.6 is 0 Å². The van der Waals surface area contributed by atoms with Gasteiger partial charge in [-0.05, 0) is 19.1 Å². The zero-order chi connectivity index (χ0) is 14.0. The van der Waals surface area contributed by atoms with Gasteiger partial charge in [-0.15, -0.1) is 0 Å². The molecule has 2 atom stereocenters. The first-order chi connectivity index (χ1) is 8.87. The zero-order valence-electron chi connectivity index (χ0n) is 11.2. The van der Waals surface area contributed by atoms with E-state index in [2.05, 4.69) is 4.98 Å². The van der Waals surface area contributed by atoms with Gasteiger partial charge in [-0.1, -0.05) is 31.2 Å². The molecular formula is C14H17NO3S. The number of aromatic nitrogens is 1. The van der Waals surface area contributed by atoms with E-state index in [1.807, 2.05) is 43.3 Å². The van der Waals surface area contributed by atoms with E-state index in [1.54, 1.807) is 6.92 Å². The highest BCUT2D eigenvalue weighted by Gasteiger charge is 2.20. The molecule has 0 bridgehead atoms. The fraction of sp³-hybridized carbons (Fsp3) is 0.357. The molecule has 1 aromatic heterocycles. The highest BCUT2D eigenvalue weighted by atomic mass is 32.2. The van der Waals surface area contributed by atoms with E-state index < -0.39 is 16.2 Å². The smallest absolute Gasteiger partial charge is 0.264 e. The maximum Gasteiger partial charge on any atom is 0.264 e. The van der Waals surface area contributed by atoms with Gasteiger partial charge in [0.05, 0.1) is 17.9 Å². The Kier molecular flexibility index (Phi) is 3.87. The molecule has 0 saturated heterocycles. The topological polar surface area (TPSA) is 56.3 Å². The lowest BCUT2D eigenvalue weighted by molar-refractivity contribution is 0.203. The molecule has 2 rings (SSSR count). The Bertz CT molecular complexity index is 682. The normalized spacial score (nSPS) is 15.3. The number of pyridine rings is 1. The molecular weight excluding hydrogens is 262 g/mol. The summed E-state index contributed by atoms with van der Waals surface area (Å²) in [6.45, 7) is 3.65. The largest absolute Gasteiger partial charge is 0.267 e. The first-order valence-electron chi connectivity index (χ1n) is 6.11. The van der Waals surface area contributed by atoms with Gasteiger partial charge in [0, 0.05) is 17.0 Å². The van der Waals surface area contributed by atoms with Crippen LogP contribution < -0.4 is 0 Å². The summed E-state index contributed by atoms with van der Waals surface area (Å²) in [5, 5.41) is 1.06. The van der Waals surface area contributed by atoms with Crippen LogP contribution in [0.1, 0.15) is 25.5 Å². The maximum atomic E-state index is 11.1. The van der Waals surface area contributed by atoms with Crippen LogP contribution in [-0.2, 0) is 14.3 Å². The van der Waals surface area contributed by atoms with E-state index in [1.165, 1.54) is 0 Å². The maximum absolute atomic E-state index is 11.1. The number of rotatable bonds is 4. The van der Waals surface area contributed by atoms with Crippen LogP contribution in [0.5, 0.6) is 0 Å². The van der Waals surface area contributed by atoms with Crippen molar-refractivity contribution in [2.24, 2.45) is 0 Å². The average Bonchev–Trinajstić information content (AvgIpc) is 2.35. The van der Waals surface area contributed by atoms with Crippen LogP contribution in [0.25, 0.3) is 10.9 Å². The van der Waals surface area contributed by atoms with Gasteiger partial charge in [0.2, 0.25) is 0 Å². The molecule has 102 valence electrons. The molecule has 1 heterocycles. The molecule has 1 aromatic carbocycles. The fourth-order valence-electron chi connectivity index (χ4n) is 1.93. The van der Waals surface area contributed by atoms with Crippen LogP contribution in [0, 0.1) is 0 Å². The molecule has 0 radical (unpaired) electrons. The van der Waals surface area contributed by atoms with Crippen molar-refractivity contribution in [1.29, 1.82) is 0 Å². The zero-order valence-corrected chi connectivity index (χ0v) is 12.0. The van der Waals surface area contributed by atoms with Crippen molar-refractivity contribution < 1.29 is 12.6 Å². The second-order valence-corrected chi connectivity index (χ2v) is 6.32. The van der Waals surface area contributed by atoms with Crippen LogP contribution in [0.3, 0.4) is 0 Å². The van der Waals surface area contributed by atoms with Gasteiger partial charge in [0.15, 0.2) is 0 Å². The molecule has 2 aromatic rings. The monoisotopic (exact) mass is 279 g/mol. The van der Waals surface area contributed by atoms with Crippen molar-refractivity contribution >= 4 is 21.0 Å². The summed E-state index contributed by atoms with van der Waals surface area (Å²) in [4.78, 5) is 4.55. The number of hydrogen-bond acceptors (Lipinski definition) is 4. The van der Waals surface area contributed by atoms with Crippen molar-refractivity contribution in [2.45, 2.75) is 25.9 Å².